The zero-order chi connectivity index (χ0) is 14.7. The lowest BCUT2D eigenvalue weighted by Gasteiger charge is -2.13. The van der Waals surface area contributed by atoms with Crippen molar-refractivity contribution in [2.24, 2.45) is 7.05 Å². The first-order valence-electron chi connectivity index (χ1n) is 7.35. The Labute approximate surface area is 124 Å². The lowest BCUT2D eigenvalue weighted by molar-refractivity contribution is 0.451. The van der Waals surface area contributed by atoms with Crippen LogP contribution in [-0.2, 0) is 20.1 Å². The molecule has 5 nitrogen and oxygen atoms in total. The third-order valence-corrected chi connectivity index (χ3v) is 3.84. The number of benzene rings is 1. The maximum atomic E-state index is 4.68. The maximum absolute atomic E-state index is 4.68. The van der Waals surface area contributed by atoms with E-state index in [0.29, 0.717) is 6.04 Å². The number of hydrogen-bond acceptors (Lipinski definition) is 3. The van der Waals surface area contributed by atoms with Gasteiger partial charge in [-0.1, -0.05) is 12.1 Å². The van der Waals surface area contributed by atoms with Crippen LogP contribution in [0.2, 0.25) is 0 Å². The summed E-state index contributed by atoms with van der Waals surface area (Å²) in [7, 11) is 2.07. The average molecular weight is 283 g/mol. The number of para-hydroxylation sites is 2. The average Bonchev–Trinajstić information content (AvgIpc) is 3.12. The second kappa shape index (κ2) is 6.10. The van der Waals surface area contributed by atoms with Crippen LogP contribution in [0.4, 0.5) is 0 Å². The van der Waals surface area contributed by atoms with E-state index in [1.807, 2.05) is 35.3 Å². The van der Waals surface area contributed by atoms with E-state index in [0.717, 1.165) is 30.9 Å². The molecular weight excluding hydrogens is 262 g/mol. The fraction of sp³-hybridized carbons (Fsp3) is 0.375. The lowest BCUT2D eigenvalue weighted by atomic mass is 10.2. The van der Waals surface area contributed by atoms with E-state index in [1.165, 1.54) is 5.52 Å². The van der Waals surface area contributed by atoms with Crippen molar-refractivity contribution in [2.45, 2.75) is 32.5 Å². The molecule has 0 aliphatic carbocycles. The summed E-state index contributed by atoms with van der Waals surface area (Å²) < 4.78 is 4.12. The van der Waals surface area contributed by atoms with Crippen molar-refractivity contribution in [1.82, 2.24) is 24.6 Å². The molecule has 2 heterocycles. The van der Waals surface area contributed by atoms with Gasteiger partial charge >= 0.3 is 0 Å². The number of imidazole rings is 1. The van der Waals surface area contributed by atoms with Crippen molar-refractivity contribution >= 4 is 11.0 Å². The summed E-state index contributed by atoms with van der Waals surface area (Å²) in [6, 6.07) is 10.6. The van der Waals surface area contributed by atoms with Crippen LogP contribution >= 0.6 is 0 Å². The van der Waals surface area contributed by atoms with Gasteiger partial charge in [0.25, 0.3) is 0 Å². The van der Waals surface area contributed by atoms with Crippen LogP contribution in [0.25, 0.3) is 11.0 Å². The molecule has 0 spiro atoms. The second-order valence-electron chi connectivity index (χ2n) is 5.42. The van der Waals surface area contributed by atoms with Crippen LogP contribution in [0.5, 0.6) is 0 Å². The van der Waals surface area contributed by atoms with Gasteiger partial charge in [0.2, 0.25) is 0 Å². The largest absolute Gasteiger partial charge is 0.330 e. The third-order valence-electron chi connectivity index (χ3n) is 3.84. The number of aryl methyl sites for hydroxylation is 2. The van der Waals surface area contributed by atoms with Crippen LogP contribution in [0, 0.1) is 0 Å². The zero-order valence-corrected chi connectivity index (χ0v) is 12.5. The molecule has 21 heavy (non-hydrogen) atoms. The van der Waals surface area contributed by atoms with Gasteiger partial charge in [-0.2, -0.15) is 5.10 Å². The number of hydrogen-bond donors (Lipinski definition) is 1. The van der Waals surface area contributed by atoms with Crippen molar-refractivity contribution in [3.8, 4) is 0 Å². The van der Waals surface area contributed by atoms with E-state index in [2.05, 4.69) is 46.1 Å². The lowest BCUT2D eigenvalue weighted by Crippen LogP contribution is -2.28. The Balaban J connectivity index is 1.57. The first-order chi connectivity index (χ1) is 10.2. The molecule has 0 aliphatic rings. The highest BCUT2D eigenvalue weighted by molar-refractivity contribution is 5.75. The standard InChI is InChI=1S/C16H21N5/c1-13(8-11-21-10-5-9-18-21)17-12-16-19-14-6-3-4-7-15(14)20(16)2/h3-7,9-10,13,17H,8,11-12H2,1-2H3. The van der Waals surface area contributed by atoms with Gasteiger partial charge in [0.05, 0.1) is 17.6 Å². The normalized spacial score (nSPS) is 12.9. The highest BCUT2D eigenvalue weighted by Gasteiger charge is 2.08. The Hall–Kier alpha value is -2.14. The fourth-order valence-electron chi connectivity index (χ4n) is 2.48. The summed E-state index contributed by atoms with van der Waals surface area (Å²) >= 11 is 0. The zero-order valence-electron chi connectivity index (χ0n) is 12.5. The highest BCUT2D eigenvalue weighted by Crippen LogP contribution is 2.14. The topological polar surface area (TPSA) is 47.7 Å². The Morgan fingerprint density at radius 1 is 1.24 bits per heavy atom. The highest BCUT2D eigenvalue weighted by atomic mass is 15.3. The van der Waals surface area contributed by atoms with Crippen molar-refractivity contribution in [2.75, 3.05) is 0 Å². The number of nitrogens with zero attached hydrogens (tertiary/aromatic N) is 4. The molecule has 0 fully saturated rings. The number of nitrogens with one attached hydrogen (secondary N) is 1. The Morgan fingerprint density at radius 2 is 2.10 bits per heavy atom. The minimum Gasteiger partial charge on any atom is -0.330 e. The summed E-state index contributed by atoms with van der Waals surface area (Å²) in [4.78, 5) is 4.68. The molecule has 1 N–H and O–H groups in total. The molecule has 1 aromatic carbocycles. The summed E-state index contributed by atoms with van der Waals surface area (Å²) in [5.74, 6) is 1.07. The molecule has 0 amide bonds. The van der Waals surface area contributed by atoms with E-state index in [9.17, 15) is 0 Å². The number of rotatable bonds is 6. The van der Waals surface area contributed by atoms with Gasteiger partial charge in [-0.15, -0.1) is 0 Å². The van der Waals surface area contributed by atoms with E-state index in [1.54, 1.807) is 0 Å². The molecule has 0 saturated heterocycles. The predicted octanol–water partition coefficient (Wildman–Crippen LogP) is 2.34. The van der Waals surface area contributed by atoms with E-state index >= 15 is 0 Å². The molecule has 5 heteroatoms. The molecule has 3 rings (SSSR count). The van der Waals surface area contributed by atoms with Crippen LogP contribution in [-0.4, -0.2) is 25.4 Å². The van der Waals surface area contributed by atoms with Crippen LogP contribution in [0.1, 0.15) is 19.2 Å². The van der Waals surface area contributed by atoms with Gasteiger partial charge in [0, 0.05) is 32.0 Å². The molecular formula is C16H21N5. The van der Waals surface area contributed by atoms with Crippen LogP contribution in [0.3, 0.4) is 0 Å². The number of aromatic nitrogens is 4. The molecule has 110 valence electrons. The SMILES string of the molecule is CC(CCn1cccn1)NCc1nc2ccccc2n1C. The van der Waals surface area contributed by atoms with Crippen molar-refractivity contribution < 1.29 is 0 Å². The third kappa shape index (κ3) is 3.13. The van der Waals surface area contributed by atoms with Crippen molar-refractivity contribution in [3.05, 3.63) is 48.5 Å². The first kappa shape index (κ1) is 13.8. The number of fused-ring (bicyclic) bond motifs is 1. The molecule has 0 bridgehead atoms. The monoisotopic (exact) mass is 283 g/mol. The summed E-state index contributed by atoms with van der Waals surface area (Å²) in [6.45, 7) is 3.92. The maximum Gasteiger partial charge on any atom is 0.123 e. The molecule has 0 aliphatic heterocycles. The molecule has 1 unspecified atom stereocenters. The smallest absolute Gasteiger partial charge is 0.123 e. The minimum absolute atomic E-state index is 0.425. The van der Waals surface area contributed by atoms with Gasteiger partial charge < -0.3 is 9.88 Å². The Kier molecular flexibility index (Phi) is 4.01. The minimum atomic E-state index is 0.425. The second-order valence-corrected chi connectivity index (χ2v) is 5.42. The van der Waals surface area contributed by atoms with E-state index in [-0.39, 0.29) is 0 Å². The molecule has 0 radical (unpaired) electrons. The van der Waals surface area contributed by atoms with E-state index < -0.39 is 0 Å². The van der Waals surface area contributed by atoms with Gasteiger partial charge in [0.1, 0.15) is 5.82 Å². The molecule has 0 saturated carbocycles. The fourth-order valence-corrected chi connectivity index (χ4v) is 2.48. The summed E-state index contributed by atoms with van der Waals surface area (Å²) in [6.07, 6.45) is 4.86. The van der Waals surface area contributed by atoms with Crippen molar-refractivity contribution in [1.29, 1.82) is 0 Å². The molecule has 2 aromatic heterocycles. The van der Waals surface area contributed by atoms with Gasteiger partial charge in [-0.05, 0) is 31.5 Å². The van der Waals surface area contributed by atoms with Crippen LogP contribution in [0.15, 0.2) is 42.7 Å². The molecule has 1 atom stereocenters. The predicted molar refractivity (Wildman–Crippen MR) is 83.9 cm³/mol. The van der Waals surface area contributed by atoms with Crippen molar-refractivity contribution in [3.63, 3.8) is 0 Å². The summed E-state index contributed by atoms with van der Waals surface area (Å²) in [5, 5.41) is 7.76. The Morgan fingerprint density at radius 3 is 2.86 bits per heavy atom. The van der Waals surface area contributed by atoms with Gasteiger partial charge in [-0.25, -0.2) is 4.98 Å². The first-order valence-corrected chi connectivity index (χ1v) is 7.35. The van der Waals surface area contributed by atoms with Gasteiger partial charge in [0.15, 0.2) is 0 Å². The van der Waals surface area contributed by atoms with Crippen LogP contribution < -0.4 is 5.32 Å². The summed E-state index contributed by atoms with van der Waals surface area (Å²) in [5.41, 5.74) is 2.24. The quantitative estimate of drug-likeness (QED) is 0.755. The van der Waals surface area contributed by atoms with Gasteiger partial charge in [-0.3, -0.25) is 4.68 Å². The Bertz CT molecular complexity index is 699. The van der Waals surface area contributed by atoms with E-state index in [4.69, 9.17) is 0 Å². The molecule has 3 aromatic rings.